The molecule has 1 heterocycles. The van der Waals surface area contributed by atoms with Crippen LogP contribution in [0.2, 0.25) is 0 Å². The number of aliphatic carboxylic acids is 1. The summed E-state index contributed by atoms with van der Waals surface area (Å²) in [6, 6.07) is 7.52. The molecule has 0 spiro atoms. The number of carbonyl (C=O) groups excluding carboxylic acids is 1. The van der Waals surface area contributed by atoms with Gasteiger partial charge in [-0.25, -0.2) is 4.98 Å². The van der Waals surface area contributed by atoms with Crippen LogP contribution >= 0.6 is 11.3 Å². The number of rotatable bonds is 9. The fourth-order valence-electron chi connectivity index (χ4n) is 2.38. The molecule has 0 radical (unpaired) electrons. The van der Waals surface area contributed by atoms with Crippen LogP contribution in [0.4, 0.5) is 0 Å². The standard InChI is InChI=1S/C19H24N2O4S/c1-4-11-25-15-7-5-14(6-8-15)18-20-16(12-26-18)19(24)21(13(2)3)10-9-17(22)23/h5-8,12-13H,4,9-11H2,1-3H3,(H,22,23). The zero-order chi connectivity index (χ0) is 19.1. The summed E-state index contributed by atoms with van der Waals surface area (Å²) in [5.74, 6) is -0.359. The minimum absolute atomic E-state index is 0.0832. The number of benzene rings is 1. The molecule has 0 bridgehead atoms. The zero-order valence-electron chi connectivity index (χ0n) is 15.3. The number of hydrogen-bond acceptors (Lipinski definition) is 5. The van der Waals surface area contributed by atoms with Crippen molar-refractivity contribution in [3.63, 3.8) is 0 Å². The van der Waals surface area contributed by atoms with Crippen molar-refractivity contribution in [1.82, 2.24) is 9.88 Å². The Morgan fingerprint density at radius 1 is 1.27 bits per heavy atom. The highest BCUT2D eigenvalue weighted by Gasteiger charge is 2.22. The molecule has 1 aromatic carbocycles. The van der Waals surface area contributed by atoms with E-state index >= 15 is 0 Å². The summed E-state index contributed by atoms with van der Waals surface area (Å²) in [5, 5.41) is 11.3. The topological polar surface area (TPSA) is 79.7 Å². The van der Waals surface area contributed by atoms with Gasteiger partial charge in [-0.15, -0.1) is 11.3 Å². The molecule has 0 aliphatic heterocycles. The number of ether oxygens (including phenoxy) is 1. The first-order valence-electron chi connectivity index (χ1n) is 8.64. The predicted molar refractivity (Wildman–Crippen MR) is 102 cm³/mol. The summed E-state index contributed by atoms with van der Waals surface area (Å²) in [6.07, 6.45) is 0.869. The molecule has 7 heteroatoms. The quantitative estimate of drug-likeness (QED) is 0.717. The van der Waals surface area contributed by atoms with E-state index in [9.17, 15) is 9.59 Å². The van der Waals surface area contributed by atoms with Gasteiger partial charge in [0.25, 0.3) is 5.91 Å². The molecular formula is C19H24N2O4S. The number of nitrogens with zero attached hydrogens (tertiary/aromatic N) is 2. The van der Waals surface area contributed by atoms with Crippen LogP contribution in [-0.4, -0.2) is 46.1 Å². The lowest BCUT2D eigenvalue weighted by Crippen LogP contribution is -2.38. The average Bonchev–Trinajstić information content (AvgIpc) is 3.10. The van der Waals surface area contributed by atoms with E-state index in [0.29, 0.717) is 12.3 Å². The third-order valence-electron chi connectivity index (χ3n) is 3.75. The van der Waals surface area contributed by atoms with E-state index < -0.39 is 5.97 Å². The molecule has 0 aliphatic rings. The van der Waals surface area contributed by atoms with Crippen molar-refractivity contribution in [2.75, 3.05) is 13.2 Å². The summed E-state index contributed by atoms with van der Waals surface area (Å²) >= 11 is 1.39. The number of amides is 1. The Morgan fingerprint density at radius 2 is 1.96 bits per heavy atom. The van der Waals surface area contributed by atoms with Gasteiger partial charge in [0.1, 0.15) is 16.5 Å². The first-order chi connectivity index (χ1) is 12.4. The fraction of sp³-hybridized carbons (Fsp3) is 0.421. The third kappa shape index (κ3) is 5.29. The van der Waals surface area contributed by atoms with E-state index in [1.165, 1.54) is 16.2 Å². The highest BCUT2D eigenvalue weighted by molar-refractivity contribution is 7.13. The molecule has 1 amide bonds. The summed E-state index contributed by atoms with van der Waals surface area (Å²) < 4.78 is 5.57. The minimum atomic E-state index is -0.923. The van der Waals surface area contributed by atoms with Gasteiger partial charge in [-0.3, -0.25) is 9.59 Å². The minimum Gasteiger partial charge on any atom is -0.494 e. The summed E-state index contributed by atoms with van der Waals surface area (Å²) in [7, 11) is 0. The van der Waals surface area contributed by atoms with Crippen LogP contribution in [0.3, 0.4) is 0 Å². The molecule has 0 aliphatic carbocycles. The Balaban J connectivity index is 2.12. The summed E-state index contributed by atoms with van der Waals surface area (Å²) in [6.45, 7) is 6.63. The van der Waals surface area contributed by atoms with Gasteiger partial charge in [0.15, 0.2) is 0 Å². The van der Waals surface area contributed by atoms with E-state index in [2.05, 4.69) is 11.9 Å². The molecule has 0 fully saturated rings. The number of carbonyl (C=O) groups is 2. The normalized spacial score (nSPS) is 10.8. The molecule has 26 heavy (non-hydrogen) atoms. The van der Waals surface area contributed by atoms with Crippen molar-refractivity contribution < 1.29 is 19.4 Å². The van der Waals surface area contributed by atoms with Gasteiger partial charge in [-0.2, -0.15) is 0 Å². The molecule has 140 valence electrons. The maximum absolute atomic E-state index is 12.7. The van der Waals surface area contributed by atoms with E-state index in [4.69, 9.17) is 9.84 Å². The van der Waals surface area contributed by atoms with Crippen molar-refractivity contribution in [3.05, 3.63) is 35.3 Å². The predicted octanol–water partition coefficient (Wildman–Crippen LogP) is 3.92. The zero-order valence-corrected chi connectivity index (χ0v) is 16.1. The molecular weight excluding hydrogens is 352 g/mol. The highest BCUT2D eigenvalue weighted by atomic mass is 32.1. The Bertz CT molecular complexity index is 740. The molecule has 1 N–H and O–H groups in total. The van der Waals surface area contributed by atoms with Gasteiger partial charge in [0.05, 0.1) is 13.0 Å². The molecule has 0 atom stereocenters. The van der Waals surface area contributed by atoms with Crippen molar-refractivity contribution in [2.24, 2.45) is 0 Å². The van der Waals surface area contributed by atoms with E-state index in [1.807, 2.05) is 38.1 Å². The first kappa shape index (κ1) is 19.9. The molecule has 6 nitrogen and oxygen atoms in total. The first-order valence-corrected chi connectivity index (χ1v) is 9.51. The second-order valence-electron chi connectivity index (χ2n) is 6.15. The second kappa shape index (κ2) is 9.33. The third-order valence-corrected chi connectivity index (χ3v) is 4.64. The van der Waals surface area contributed by atoms with Gasteiger partial charge < -0.3 is 14.7 Å². The van der Waals surface area contributed by atoms with Crippen molar-refractivity contribution in [2.45, 2.75) is 39.7 Å². The largest absolute Gasteiger partial charge is 0.494 e. The van der Waals surface area contributed by atoms with Gasteiger partial charge in [0, 0.05) is 23.5 Å². The van der Waals surface area contributed by atoms with E-state index in [0.717, 1.165) is 22.7 Å². The Hall–Kier alpha value is -2.41. The van der Waals surface area contributed by atoms with Crippen LogP contribution < -0.4 is 4.74 Å². The van der Waals surface area contributed by atoms with Gasteiger partial charge in [-0.05, 0) is 44.5 Å². The van der Waals surface area contributed by atoms with Crippen LogP contribution in [0.25, 0.3) is 10.6 Å². The lowest BCUT2D eigenvalue weighted by Gasteiger charge is -2.25. The monoisotopic (exact) mass is 376 g/mol. The van der Waals surface area contributed by atoms with Crippen LogP contribution in [0.1, 0.15) is 44.1 Å². The van der Waals surface area contributed by atoms with Crippen LogP contribution in [-0.2, 0) is 4.79 Å². The lowest BCUT2D eigenvalue weighted by atomic mass is 10.2. The maximum atomic E-state index is 12.7. The van der Waals surface area contributed by atoms with Crippen molar-refractivity contribution in [3.8, 4) is 16.3 Å². The molecule has 0 saturated carbocycles. The number of carboxylic acids is 1. The van der Waals surface area contributed by atoms with E-state index in [1.54, 1.807) is 5.38 Å². The Morgan fingerprint density at radius 3 is 2.54 bits per heavy atom. The Labute approximate surface area is 157 Å². The molecule has 0 saturated heterocycles. The lowest BCUT2D eigenvalue weighted by molar-refractivity contribution is -0.137. The summed E-state index contributed by atoms with van der Waals surface area (Å²) in [4.78, 5) is 29.5. The van der Waals surface area contributed by atoms with Crippen molar-refractivity contribution >= 4 is 23.2 Å². The second-order valence-corrected chi connectivity index (χ2v) is 7.00. The molecule has 1 aromatic heterocycles. The number of hydrogen-bond donors (Lipinski definition) is 1. The van der Waals surface area contributed by atoms with Crippen molar-refractivity contribution in [1.29, 1.82) is 0 Å². The SMILES string of the molecule is CCCOc1ccc(-c2nc(C(=O)N(CCC(=O)O)C(C)C)cs2)cc1. The fourth-order valence-corrected chi connectivity index (χ4v) is 3.18. The van der Waals surface area contributed by atoms with Crippen LogP contribution in [0.5, 0.6) is 5.75 Å². The molecule has 2 rings (SSSR count). The number of aromatic nitrogens is 1. The van der Waals surface area contributed by atoms with Gasteiger partial charge in [-0.1, -0.05) is 6.92 Å². The highest BCUT2D eigenvalue weighted by Crippen LogP contribution is 2.26. The average molecular weight is 376 g/mol. The van der Waals surface area contributed by atoms with E-state index in [-0.39, 0.29) is 24.9 Å². The molecule has 0 unspecified atom stereocenters. The van der Waals surface area contributed by atoms with Gasteiger partial charge in [0.2, 0.25) is 0 Å². The van der Waals surface area contributed by atoms with Gasteiger partial charge >= 0.3 is 5.97 Å². The summed E-state index contributed by atoms with van der Waals surface area (Å²) in [5.41, 5.74) is 1.26. The van der Waals surface area contributed by atoms with Crippen LogP contribution in [0, 0.1) is 0 Å². The number of carboxylic acid groups (broad SMARTS) is 1. The Kier molecular flexibility index (Phi) is 7.15. The maximum Gasteiger partial charge on any atom is 0.305 e. The van der Waals surface area contributed by atoms with Crippen LogP contribution in [0.15, 0.2) is 29.6 Å². The molecule has 2 aromatic rings. The smallest absolute Gasteiger partial charge is 0.305 e. The number of thiazole rings is 1.